The third kappa shape index (κ3) is 5.58. The molecule has 3 rings (SSSR count). The van der Waals surface area contributed by atoms with Crippen molar-refractivity contribution in [1.29, 1.82) is 0 Å². The first-order valence-electron chi connectivity index (χ1n) is 8.89. The smallest absolute Gasteiger partial charge is 0.220 e. The Labute approximate surface area is 151 Å². The Hall–Kier alpha value is -0.370. The van der Waals surface area contributed by atoms with Crippen LogP contribution in [0, 0.1) is 11.8 Å². The van der Waals surface area contributed by atoms with Gasteiger partial charge in [-0.05, 0) is 50.4 Å². The molecule has 8 heteroatoms. The molecule has 0 radical (unpaired) electrons. The van der Waals surface area contributed by atoms with Crippen LogP contribution in [-0.4, -0.2) is 45.3 Å². The van der Waals surface area contributed by atoms with E-state index in [1.165, 1.54) is 19.1 Å². The van der Waals surface area contributed by atoms with E-state index in [9.17, 15) is 13.2 Å². The standard InChI is InChI=1S/C16H29N3O3S.ClH/c1-23(21,22)19-15-4-2-3-12(15)10-17-16(20)9-11-7-13-5-6-14(8-11)18-13;/h11-15,18-19H,2-10H2,1H3,(H,17,20);1H. The Morgan fingerprint density at radius 1 is 1.12 bits per heavy atom. The van der Waals surface area contributed by atoms with E-state index < -0.39 is 10.0 Å². The number of halogens is 1. The van der Waals surface area contributed by atoms with Gasteiger partial charge in [-0.15, -0.1) is 12.4 Å². The minimum Gasteiger partial charge on any atom is -0.356 e. The first-order valence-corrected chi connectivity index (χ1v) is 10.8. The lowest BCUT2D eigenvalue weighted by molar-refractivity contribution is -0.122. The number of hydrogen-bond acceptors (Lipinski definition) is 4. The van der Waals surface area contributed by atoms with Crippen LogP contribution >= 0.6 is 12.4 Å². The lowest BCUT2D eigenvalue weighted by atomic mass is 9.89. The number of hydrogen-bond donors (Lipinski definition) is 3. The van der Waals surface area contributed by atoms with Crippen molar-refractivity contribution >= 4 is 28.3 Å². The minimum atomic E-state index is -3.18. The zero-order valence-corrected chi connectivity index (χ0v) is 15.9. The highest BCUT2D eigenvalue weighted by atomic mass is 35.5. The zero-order valence-electron chi connectivity index (χ0n) is 14.3. The second-order valence-electron chi connectivity index (χ2n) is 7.67. The maximum Gasteiger partial charge on any atom is 0.220 e. The molecule has 140 valence electrons. The highest BCUT2D eigenvalue weighted by Crippen LogP contribution is 2.32. The molecule has 3 aliphatic rings. The summed E-state index contributed by atoms with van der Waals surface area (Å²) in [5.41, 5.74) is 0. The van der Waals surface area contributed by atoms with Crippen molar-refractivity contribution in [2.24, 2.45) is 11.8 Å². The Kier molecular flexibility index (Phi) is 6.93. The van der Waals surface area contributed by atoms with Crippen LogP contribution in [0.5, 0.6) is 0 Å². The fourth-order valence-electron chi connectivity index (χ4n) is 4.63. The first kappa shape index (κ1) is 19.9. The lowest BCUT2D eigenvalue weighted by Gasteiger charge is -2.29. The van der Waals surface area contributed by atoms with Gasteiger partial charge in [-0.1, -0.05) is 6.42 Å². The number of piperidine rings is 1. The average Bonchev–Trinajstić information content (AvgIpc) is 3.01. The Morgan fingerprint density at radius 3 is 2.42 bits per heavy atom. The molecule has 0 aromatic carbocycles. The molecule has 3 fully saturated rings. The highest BCUT2D eigenvalue weighted by molar-refractivity contribution is 7.88. The third-order valence-electron chi connectivity index (χ3n) is 5.63. The molecule has 0 aromatic rings. The quantitative estimate of drug-likeness (QED) is 0.646. The van der Waals surface area contributed by atoms with Gasteiger partial charge in [0.1, 0.15) is 0 Å². The summed E-state index contributed by atoms with van der Waals surface area (Å²) >= 11 is 0. The third-order valence-corrected chi connectivity index (χ3v) is 6.36. The molecule has 1 aliphatic carbocycles. The summed E-state index contributed by atoms with van der Waals surface area (Å²) in [6.45, 7) is 0.587. The van der Waals surface area contributed by atoms with Gasteiger partial charge in [0.2, 0.25) is 15.9 Å². The van der Waals surface area contributed by atoms with E-state index in [-0.39, 0.29) is 30.3 Å². The maximum absolute atomic E-state index is 12.2. The Balaban J connectivity index is 0.00000208. The second kappa shape index (κ2) is 8.34. The molecule has 2 heterocycles. The molecular weight excluding hydrogens is 350 g/mol. The Morgan fingerprint density at radius 2 is 1.79 bits per heavy atom. The summed E-state index contributed by atoms with van der Waals surface area (Å²) in [4.78, 5) is 12.2. The van der Waals surface area contributed by atoms with Crippen molar-refractivity contribution < 1.29 is 13.2 Å². The van der Waals surface area contributed by atoms with Crippen molar-refractivity contribution in [3.05, 3.63) is 0 Å². The van der Waals surface area contributed by atoms with Crippen LogP contribution in [0.2, 0.25) is 0 Å². The van der Waals surface area contributed by atoms with E-state index in [4.69, 9.17) is 0 Å². The van der Waals surface area contributed by atoms with Gasteiger partial charge in [-0.2, -0.15) is 0 Å². The number of sulfonamides is 1. The van der Waals surface area contributed by atoms with Gasteiger partial charge in [-0.3, -0.25) is 4.79 Å². The van der Waals surface area contributed by atoms with Gasteiger partial charge in [0, 0.05) is 31.1 Å². The maximum atomic E-state index is 12.2. The van der Waals surface area contributed by atoms with Crippen molar-refractivity contribution in [3.63, 3.8) is 0 Å². The van der Waals surface area contributed by atoms with Crippen LogP contribution < -0.4 is 15.4 Å². The molecule has 2 bridgehead atoms. The van der Waals surface area contributed by atoms with Crippen molar-refractivity contribution in [1.82, 2.24) is 15.4 Å². The molecule has 0 aromatic heterocycles. The monoisotopic (exact) mass is 379 g/mol. The van der Waals surface area contributed by atoms with E-state index in [1.807, 2.05) is 0 Å². The number of fused-ring (bicyclic) bond motifs is 2. The second-order valence-corrected chi connectivity index (χ2v) is 9.45. The summed E-state index contributed by atoms with van der Waals surface area (Å²) < 4.78 is 25.5. The number of carbonyl (C=O) groups is 1. The van der Waals surface area contributed by atoms with E-state index in [0.717, 1.165) is 32.1 Å². The van der Waals surface area contributed by atoms with Crippen LogP contribution in [0.1, 0.15) is 51.4 Å². The largest absolute Gasteiger partial charge is 0.356 e. The predicted molar refractivity (Wildman–Crippen MR) is 96.7 cm³/mol. The van der Waals surface area contributed by atoms with Gasteiger partial charge in [0.05, 0.1) is 6.26 Å². The fourth-order valence-corrected chi connectivity index (χ4v) is 5.49. The minimum absolute atomic E-state index is 0. The van der Waals surface area contributed by atoms with Crippen molar-refractivity contribution in [2.75, 3.05) is 12.8 Å². The van der Waals surface area contributed by atoms with E-state index in [2.05, 4.69) is 15.4 Å². The molecule has 0 spiro atoms. The molecule has 2 saturated heterocycles. The number of nitrogens with one attached hydrogen (secondary N) is 3. The molecule has 6 nitrogen and oxygen atoms in total. The van der Waals surface area contributed by atoms with Gasteiger partial charge >= 0.3 is 0 Å². The lowest BCUT2D eigenvalue weighted by Crippen LogP contribution is -2.43. The van der Waals surface area contributed by atoms with Crippen LogP contribution in [-0.2, 0) is 14.8 Å². The van der Waals surface area contributed by atoms with Gasteiger partial charge in [-0.25, -0.2) is 13.1 Å². The van der Waals surface area contributed by atoms with Gasteiger partial charge in [0.25, 0.3) is 0 Å². The first-order chi connectivity index (χ1) is 10.9. The number of rotatable bonds is 6. The van der Waals surface area contributed by atoms with E-state index in [0.29, 0.717) is 31.0 Å². The topological polar surface area (TPSA) is 87.3 Å². The average molecular weight is 380 g/mol. The molecule has 1 saturated carbocycles. The van der Waals surface area contributed by atoms with E-state index in [1.54, 1.807) is 0 Å². The fraction of sp³-hybridized carbons (Fsp3) is 0.938. The SMILES string of the molecule is CS(=O)(=O)NC1CCCC1CNC(=O)CC1CC2CCC(C1)N2.Cl. The van der Waals surface area contributed by atoms with Gasteiger partial charge < -0.3 is 10.6 Å². The molecule has 4 unspecified atom stereocenters. The summed E-state index contributed by atoms with van der Waals surface area (Å²) in [6, 6.07) is 1.20. The zero-order chi connectivity index (χ0) is 16.4. The summed E-state index contributed by atoms with van der Waals surface area (Å²) in [7, 11) is -3.18. The normalized spacial score (nSPS) is 35.5. The Bertz CT molecular complexity index is 531. The number of amides is 1. The van der Waals surface area contributed by atoms with Crippen LogP contribution in [0.3, 0.4) is 0 Å². The summed E-state index contributed by atoms with van der Waals surface area (Å²) in [5, 5.41) is 6.64. The van der Waals surface area contributed by atoms with Gasteiger partial charge in [0.15, 0.2) is 0 Å². The molecule has 3 N–H and O–H groups in total. The number of carbonyl (C=O) groups excluding carboxylic acids is 1. The predicted octanol–water partition coefficient (Wildman–Crippen LogP) is 1.16. The van der Waals surface area contributed by atoms with Crippen molar-refractivity contribution in [3.8, 4) is 0 Å². The van der Waals surface area contributed by atoms with Crippen LogP contribution in [0.15, 0.2) is 0 Å². The molecule has 1 amide bonds. The summed E-state index contributed by atoms with van der Waals surface area (Å²) in [6.07, 6.45) is 9.42. The molecule has 24 heavy (non-hydrogen) atoms. The molecule has 4 atom stereocenters. The molecule has 2 aliphatic heterocycles. The van der Waals surface area contributed by atoms with E-state index >= 15 is 0 Å². The summed E-state index contributed by atoms with van der Waals surface area (Å²) in [5.74, 6) is 0.849. The van der Waals surface area contributed by atoms with Crippen LogP contribution in [0.25, 0.3) is 0 Å². The van der Waals surface area contributed by atoms with Crippen molar-refractivity contribution in [2.45, 2.75) is 69.5 Å². The van der Waals surface area contributed by atoms with Crippen LogP contribution in [0.4, 0.5) is 0 Å². The molecular formula is C16H30ClN3O3S. The highest BCUT2D eigenvalue weighted by Gasteiger charge is 2.34.